The van der Waals surface area contributed by atoms with Gasteiger partial charge in [-0.2, -0.15) is 0 Å². The van der Waals surface area contributed by atoms with Crippen LogP contribution in [0.2, 0.25) is 0 Å². The molecule has 5 heteroatoms. The fourth-order valence-electron chi connectivity index (χ4n) is 1.42. The largest absolute Gasteiger partial charge is 0.443 e. The second-order valence-electron chi connectivity index (χ2n) is 4.66. The molecule has 1 aliphatic rings. The monoisotopic (exact) mass is 221 g/mol. The topological polar surface area (TPSA) is 55.6 Å². The minimum Gasteiger partial charge on any atom is -0.443 e. The lowest BCUT2D eigenvalue weighted by molar-refractivity contribution is 0.0537. The Morgan fingerprint density at radius 3 is 2.88 bits per heavy atom. The normalized spacial score (nSPS) is 14.2. The SMILES string of the molecule is CC(C)(C)OC(=O)n1cc2c(c1)NCN=C2. The molecule has 0 spiro atoms. The molecular formula is C11H15N3O2. The van der Waals surface area contributed by atoms with Crippen molar-refractivity contribution < 1.29 is 9.53 Å². The highest BCUT2D eigenvalue weighted by atomic mass is 16.6. The van der Waals surface area contributed by atoms with Crippen LogP contribution >= 0.6 is 0 Å². The van der Waals surface area contributed by atoms with Gasteiger partial charge in [0.15, 0.2) is 0 Å². The minimum atomic E-state index is -0.483. The van der Waals surface area contributed by atoms with Crippen LogP contribution in [-0.4, -0.2) is 29.1 Å². The Morgan fingerprint density at radius 1 is 1.50 bits per heavy atom. The average molecular weight is 221 g/mol. The van der Waals surface area contributed by atoms with Crippen LogP contribution in [-0.2, 0) is 4.74 Å². The molecule has 0 aromatic carbocycles. The molecule has 2 rings (SSSR count). The van der Waals surface area contributed by atoms with Gasteiger partial charge in [0, 0.05) is 24.2 Å². The van der Waals surface area contributed by atoms with Crippen LogP contribution in [0.3, 0.4) is 0 Å². The molecule has 1 N–H and O–H groups in total. The van der Waals surface area contributed by atoms with Crippen LogP contribution in [0, 0.1) is 0 Å². The van der Waals surface area contributed by atoms with Crippen LogP contribution in [0.4, 0.5) is 10.5 Å². The number of ether oxygens (including phenoxy) is 1. The van der Waals surface area contributed by atoms with Crippen LogP contribution in [0.5, 0.6) is 0 Å². The number of hydrogen-bond acceptors (Lipinski definition) is 4. The molecule has 0 atom stereocenters. The van der Waals surface area contributed by atoms with Gasteiger partial charge in [0.1, 0.15) is 12.3 Å². The highest BCUT2D eigenvalue weighted by Crippen LogP contribution is 2.19. The molecule has 0 saturated heterocycles. The molecule has 0 radical (unpaired) electrons. The molecule has 2 heterocycles. The quantitative estimate of drug-likeness (QED) is 0.729. The maximum atomic E-state index is 11.7. The molecule has 0 amide bonds. The van der Waals surface area contributed by atoms with E-state index in [1.807, 2.05) is 20.8 Å². The number of fused-ring (bicyclic) bond motifs is 1. The second kappa shape index (κ2) is 3.66. The number of aliphatic imine (C=N–C) groups is 1. The van der Waals surface area contributed by atoms with Gasteiger partial charge in [0.2, 0.25) is 0 Å². The summed E-state index contributed by atoms with van der Waals surface area (Å²) in [7, 11) is 0. The van der Waals surface area contributed by atoms with Crippen LogP contribution in [0.1, 0.15) is 26.3 Å². The van der Waals surface area contributed by atoms with Crippen LogP contribution < -0.4 is 5.32 Å². The third-order valence-electron chi connectivity index (χ3n) is 2.05. The van der Waals surface area contributed by atoms with Crippen molar-refractivity contribution in [3.8, 4) is 0 Å². The second-order valence-corrected chi connectivity index (χ2v) is 4.66. The lowest BCUT2D eigenvalue weighted by Gasteiger charge is -2.19. The van der Waals surface area contributed by atoms with Crippen molar-refractivity contribution in [2.75, 3.05) is 12.0 Å². The third kappa shape index (κ3) is 2.24. The van der Waals surface area contributed by atoms with Gasteiger partial charge >= 0.3 is 6.09 Å². The van der Waals surface area contributed by atoms with Gasteiger partial charge in [0.25, 0.3) is 0 Å². The molecule has 0 aliphatic carbocycles. The molecule has 5 nitrogen and oxygen atoms in total. The van der Waals surface area contributed by atoms with Crippen molar-refractivity contribution in [2.45, 2.75) is 26.4 Å². The number of rotatable bonds is 0. The van der Waals surface area contributed by atoms with Crippen molar-refractivity contribution in [2.24, 2.45) is 4.99 Å². The first-order chi connectivity index (χ1) is 7.46. The minimum absolute atomic E-state index is 0.378. The Balaban J connectivity index is 2.19. The molecule has 1 aromatic heterocycles. The molecule has 1 aromatic rings. The van der Waals surface area contributed by atoms with E-state index in [1.165, 1.54) is 4.57 Å². The van der Waals surface area contributed by atoms with Crippen LogP contribution in [0.15, 0.2) is 17.4 Å². The maximum absolute atomic E-state index is 11.7. The zero-order chi connectivity index (χ0) is 11.8. The van der Waals surface area contributed by atoms with E-state index >= 15 is 0 Å². The molecule has 1 aliphatic heterocycles. The summed E-state index contributed by atoms with van der Waals surface area (Å²) < 4.78 is 6.68. The lowest BCUT2D eigenvalue weighted by Crippen LogP contribution is -2.26. The number of nitrogens with zero attached hydrogens (tertiary/aromatic N) is 2. The van der Waals surface area contributed by atoms with Gasteiger partial charge in [0.05, 0.1) is 5.69 Å². The highest BCUT2D eigenvalue weighted by Gasteiger charge is 2.19. The Morgan fingerprint density at radius 2 is 2.25 bits per heavy atom. The Kier molecular flexibility index (Phi) is 2.46. The lowest BCUT2D eigenvalue weighted by atomic mass is 10.2. The van der Waals surface area contributed by atoms with Gasteiger partial charge in [-0.1, -0.05) is 0 Å². The summed E-state index contributed by atoms with van der Waals surface area (Å²) in [4.78, 5) is 15.8. The van der Waals surface area contributed by atoms with E-state index < -0.39 is 5.60 Å². The summed E-state index contributed by atoms with van der Waals surface area (Å²) in [6, 6.07) is 0. The number of aromatic nitrogens is 1. The first-order valence-electron chi connectivity index (χ1n) is 5.15. The third-order valence-corrected chi connectivity index (χ3v) is 2.05. The molecule has 86 valence electrons. The number of carbonyl (C=O) groups is 1. The smallest absolute Gasteiger partial charge is 0.418 e. The summed E-state index contributed by atoms with van der Waals surface area (Å²) in [6.07, 6.45) is 4.79. The maximum Gasteiger partial charge on any atom is 0.418 e. The van der Waals surface area contributed by atoms with E-state index in [2.05, 4.69) is 10.3 Å². The van der Waals surface area contributed by atoms with Crippen molar-refractivity contribution in [3.05, 3.63) is 18.0 Å². The number of anilines is 1. The van der Waals surface area contributed by atoms with E-state index in [4.69, 9.17) is 4.74 Å². The molecular weight excluding hydrogens is 206 g/mol. The van der Waals surface area contributed by atoms with E-state index in [0.717, 1.165) is 11.3 Å². The summed E-state index contributed by atoms with van der Waals surface area (Å²) >= 11 is 0. The van der Waals surface area contributed by atoms with E-state index in [9.17, 15) is 4.79 Å². The van der Waals surface area contributed by atoms with Gasteiger partial charge in [-0.25, -0.2) is 4.79 Å². The molecule has 0 unspecified atom stereocenters. The van der Waals surface area contributed by atoms with Crippen LogP contribution in [0.25, 0.3) is 0 Å². The van der Waals surface area contributed by atoms with E-state index in [0.29, 0.717) is 6.67 Å². The molecule has 0 bridgehead atoms. The van der Waals surface area contributed by atoms with Crippen molar-refractivity contribution in [1.82, 2.24) is 4.57 Å². The highest BCUT2D eigenvalue weighted by molar-refractivity contribution is 5.91. The number of carbonyl (C=O) groups excluding carboxylic acids is 1. The van der Waals surface area contributed by atoms with Gasteiger partial charge < -0.3 is 10.1 Å². The first kappa shape index (κ1) is 10.7. The Hall–Kier alpha value is -1.78. The summed E-state index contributed by atoms with van der Waals surface area (Å²) in [5.41, 5.74) is 1.32. The van der Waals surface area contributed by atoms with Crippen molar-refractivity contribution >= 4 is 18.0 Å². The molecule has 0 fully saturated rings. The average Bonchev–Trinajstić information content (AvgIpc) is 2.58. The van der Waals surface area contributed by atoms with E-state index in [1.54, 1.807) is 18.6 Å². The Labute approximate surface area is 94.1 Å². The zero-order valence-electron chi connectivity index (χ0n) is 9.65. The summed E-state index contributed by atoms with van der Waals surface area (Å²) in [6.45, 7) is 6.07. The van der Waals surface area contributed by atoms with Crippen molar-refractivity contribution in [1.29, 1.82) is 0 Å². The first-order valence-corrected chi connectivity index (χ1v) is 5.15. The predicted octanol–water partition coefficient (Wildman–Crippen LogP) is 2.07. The van der Waals surface area contributed by atoms with Crippen molar-refractivity contribution in [3.63, 3.8) is 0 Å². The van der Waals surface area contributed by atoms with Gasteiger partial charge in [-0.05, 0) is 20.8 Å². The number of nitrogens with one attached hydrogen (secondary N) is 1. The fourth-order valence-corrected chi connectivity index (χ4v) is 1.42. The summed E-state index contributed by atoms with van der Waals surface area (Å²) in [5, 5.41) is 3.07. The van der Waals surface area contributed by atoms with E-state index in [-0.39, 0.29) is 6.09 Å². The number of hydrogen-bond donors (Lipinski definition) is 1. The fraction of sp³-hybridized carbons (Fsp3) is 0.455. The predicted molar refractivity (Wildman–Crippen MR) is 62.1 cm³/mol. The standard InChI is InChI=1S/C11H15N3O2/c1-11(2,3)16-10(15)14-5-8-4-12-7-13-9(8)6-14/h4-6,13H,7H2,1-3H3. The Bertz CT molecular complexity index is 441. The summed E-state index contributed by atoms with van der Waals surface area (Å²) in [5.74, 6) is 0. The molecule has 0 saturated carbocycles. The molecule has 16 heavy (non-hydrogen) atoms. The van der Waals surface area contributed by atoms with Gasteiger partial charge in [-0.3, -0.25) is 9.56 Å². The zero-order valence-corrected chi connectivity index (χ0v) is 9.65. The van der Waals surface area contributed by atoms with Gasteiger partial charge in [-0.15, -0.1) is 0 Å².